The van der Waals surface area contributed by atoms with E-state index in [1.54, 1.807) is 12.1 Å². The molecule has 0 saturated carbocycles. The molecule has 2 bridgehead atoms. The van der Waals surface area contributed by atoms with Crippen molar-refractivity contribution in [2.24, 2.45) is 11.8 Å². The summed E-state index contributed by atoms with van der Waals surface area (Å²) in [4.78, 5) is 27.1. The number of carbonyl (C=O) groups excluding carboxylic acids is 2. The number of benzene rings is 1. The third kappa shape index (κ3) is 1.36. The van der Waals surface area contributed by atoms with E-state index in [1.807, 2.05) is 45.1 Å². The summed E-state index contributed by atoms with van der Waals surface area (Å²) in [6, 6.07) is 7.36. The van der Waals surface area contributed by atoms with Crippen molar-refractivity contribution in [2.45, 2.75) is 30.3 Å². The van der Waals surface area contributed by atoms with Gasteiger partial charge in [-0.15, -0.1) is 0 Å². The van der Waals surface area contributed by atoms with E-state index in [0.29, 0.717) is 5.69 Å². The van der Waals surface area contributed by atoms with E-state index in [2.05, 4.69) is 0 Å². The maximum Gasteiger partial charge on any atom is 0.239 e. The summed E-state index contributed by atoms with van der Waals surface area (Å²) in [6.07, 6.45) is 3.74. The predicted molar refractivity (Wildman–Crippen MR) is 84.7 cm³/mol. The summed E-state index contributed by atoms with van der Waals surface area (Å²) in [6.45, 7) is 5.63. The number of anilines is 1. The lowest BCUT2D eigenvalue weighted by Gasteiger charge is -2.24. The highest BCUT2D eigenvalue weighted by molar-refractivity contribution is 7.89. The lowest BCUT2D eigenvalue weighted by Crippen LogP contribution is -2.41. The van der Waals surface area contributed by atoms with Gasteiger partial charge in [-0.05, 0) is 32.9 Å². The summed E-state index contributed by atoms with van der Waals surface area (Å²) < 4.78 is 11.3. The predicted octanol–water partition coefficient (Wildman–Crippen LogP) is 1.95. The largest absolute Gasteiger partial charge is 0.274 e. The van der Waals surface area contributed by atoms with Crippen molar-refractivity contribution in [3.05, 3.63) is 42.0 Å². The molecule has 3 aliphatic heterocycles. The smallest absolute Gasteiger partial charge is 0.239 e. The molecule has 0 aliphatic carbocycles. The molecular weight excluding hydrogens is 298 g/mol. The van der Waals surface area contributed by atoms with Crippen LogP contribution in [-0.2, 0) is 20.4 Å². The van der Waals surface area contributed by atoms with Crippen molar-refractivity contribution in [3.8, 4) is 0 Å². The fourth-order valence-electron chi connectivity index (χ4n) is 4.14. The van der Waals surface area contributed by atoms with E-state index in [-0.39, 0.29) is 11.8 Å². The molecule has 1 unspecified atom stereocenters. The number of aryl methyl sites for hydroxylation is 1. The van der Waals surface area contributed by atoms with E-state index < -0.39 is 32.1 Å². The number of nitrogens with zero attached hydrogens (tertiary/aromatic N) is 1. The van der Waals surface area contributed by atoms with E-state index in [0.717, 1.165) is 5.56 Å². The molecular formula is C17H17NO3S. The van der Waals surface area contributed by atoms with Gasteiger partial charge in [0.2, 0.25) is 11.8 Å². The summed E-state index contributed by atoms with van der Waals surface area (Å²) >= 11 is 0. The van der Waals surface area contributed by atoms with Crippen molar-refractivity contribution in [1.29, 1.82) is 0 Å². The van der Waals surface area contributed by atoms with Crippen LogP contribution in [0.15, 0.2) is 36.4 Å². The first-order valence-corrected chi connectivity index (χ1v) is 8.52. The molecule has 22 heavy (non-hydrogen) atoms. The fourth-order valence-corrected chi connectivity index (χ4v) is 6.40. The maximum absolute atomic E-state index is 12.9. The van der Waals surface area contributed by atoms with Gasteiger partial charge in [0, 0.05) is 10.8 Å². The van der Waals surface area contributed by atoms with E-state index in [1.165, 1.54) is 4.90 Å². The molecule has 2 saturated heterocycles. The first-order valence-electron chi connectivity index (χ1n) is 7.37. The average Bonchev–Trinajstić information content (AvgIpc) is 2.95. The van der Waals surface area contributed by atoms with Gasteiger partial charge in [-0.1, -0.05) is 29.8 Å². The van der Waals surface area contributed by atoms with Crippen LogP contribution in [0.3, 0.4) is 0 Å². The maximum atomic E-state index is 12.9. The standard InChI is InChI=1S/C17H17NO3S/c1-10-4-6-11(7-5-10)18-14(19)12-13(15(18)20)17(3)9-8-16(12,2)22(17)21/h4-9,12-13H,1-3H3/t12-,13+,16+,17-,22?. The summed E-state index contributed by atoms with van der Waals surface area (Å²) in [5.74, 6) is -1.47. The molecule has 0 radical (unpaired) electrons. The molecule has 5 heteroatoms. The molecule has 3 aliphatic rings. The first kappa shape index (κ1) is 13.9. The number of imide groups is 1. The molecule has 114 valence electrons. The quantitative estimate of drug-likeness (QED) is 0.588. The highest BCUT2D eigenvalue weighted by Gasteiger charge is 2.73. The normalized spacial score (nSPS) is 42.3. The van der Waals surface area contributed by atoms with Gasteiger partial charge in [0.25, 0.3) is 0 Å². The van der Waals surface area contributed by atoms with Gasteiger partial charge in [0.15, 0.2) is 0 Å². The second-order valence-electron chi connectivity index (χ2n) is 6.77. The van der Waals surface area contributed by atoms with E-state index in [9.17, 15) is 13.8 Å². The van der Waals surface area contributed by atoms with Gasteiger partial charge < -0.3 is 0 Å². The number of amides is 2. The third-order valence-electron chi connectivity index (χ3n) is 5.38. The Balaban J connectivity index is 1.84. The highest BCUT2D eigenvalue weighted by Crippen LogP contribution is 2.59. The zero-order valence-corrected chi connectivity index (χ0v) is 13.5. The molecule has 1 aromatic rings. The molecule has 1 aromatic carbocycles. The Morgan fingerprint density at radius 1 is 0.955 bits per heavy atom. The Kier molecular flexibility index (Phi) is 2.50. The molecule has 0 N–H and O–H groups in total. The Morgan fingerprint density at radius 2 is 1.41 bits per heavy atom. The van der Waals surface area contributed by atoms with Gasteiger partial charge in [-0.2, -0.15) is 0 Å². The lowest BCUT2D eigenvalue weighted by molar-refractivity contribution is -0.122. The molecule has 2 amide bonds. The minimum atomic E-state index is -1.24. The van der Waals surface area contributed by atoms with Crippen LogP contribution in [0.2, 0.25) is 0 Å². The van der Waals surface area contributed by atoms with Crippen molar-refractivity contribution < 1.29 is 13.8 Å². The van der Waals surface area contributed by atoms with Gasteiger partial charge in [0.1, 0.15) is 0 Å². The molecule has 5 atom stereocenters. The zero-order chi connectivity index (χ0) is 15.9. The molecule has 2 fully saturated rings. The Bertz CT molecular complexity index is 729. The summed E-state index contributed by atoms with van der Waals surface area (Å²) in [7, 11) is -1.24. The van der Waals surface area contributed by atoms with Crippen LogP contribution in [-0.4, -0.2) is 25.5 Å². The van der Waals surface area contributed by atoms with E-state index >= 15 is 0 Å². The van der Waals surface area contributed by atoms with Crippen LogP contribution >= 0.6 is 0 Å². The topological polar surface area (TPSA) is 54.5 Å². The van der Waals surface area contributed by atoms with Crippen LogP contribution in [0.1, 0.15) is 19.4 Å². The lowest BCUT2D eigenvalue weighted by atomic mass is 9.73. The number of hydrogen-bond donors (Lipinski definition) is 0. The average molecular weight is 315 g/mol. The molecule has 4 nitrogen and oxygen atoms in total. The first-order chi connectivity index (χ1) is 10.3. The highest BCUT2D eigenvalue weighted by atomic mass is 32.2. The second-order valence-corrected chi connectivity index (χ2v) is 9.07. The van der Waals surface area contributed by atoms with Crippen molar-refractivity contribution in [2.75, 3.05) is 4.90 Å². The summed E-state index contributed by atoms with van der Waals surface area (Å²) in [5, 5.41) is 0. The number of fused-ring (bicyclic) bond motifs is 5. The molecule has 0 aromatic heterocycles. The van der Waals surface area contributed by atoms with Crippen molar-refractivity contribution in [1.82, 2.24) is 0 Å². The minimum Gasteiger partial charge on any atom is -0.274 e. The van der Waals surface area contributed by atoms with Gasteiger partial charge >= 0.3 is 0 Å². The van der Waals surface area contributed by atoms with Crippen LogP contribution in [0.5, 0.6) is 0 Å². The van der Waals surface area contributed by atoms with Crippen LogP contribution in [0, 0.1) is 18.8 Å². The zero-order valence-electron chi connectivity index (χ0n) is 12.7. The number of rotatable bonds is 1. The second kappa shape index (κ2) is 3.96. The Labute approximate surface area is 131 Å². The number of carbonyl (C=O) groups is 2. The third-order valence-corrected chi connectivity index (χ3v) is 7.76. The number of hydrogen-bond acceptors (Lipinski definition) is 3. The van der Waals surface area contributed by atoms with Gasteiger partial charge in [-0.25, -0.2) is 4.90 Å². The molecule has 0 spiro atoms. The summed E-state index contributed by atoms with van der Waals surface area (Å²) in [5.41, 5.74) is 1.68. The SMILES string of the molecule is Cc1ccc(N2C(=O)[C@@H]3[C@H](C2=O)[C@]2(C)C=C[C@@]3(C)S2=O)cc1. The van der Waals surface area contributed by atoms with Gasteiger partial charge in [-0.3, -0.25) is 13.8 Å². The molecule has 3 heterocycles. The van der Waals surface area contributed by atoms with Crippen LogP contribution < -0.4 is 4.90 Å². The van der Waals surface area contributed by atoms with Crippen molar-refractivity contribution >= 4 is 28.3 Å². The molecule has 4 rings (SSSR count). The van der Waals surface area contributed by atoms with Crippen molar-refractivity contribution in [3.63, 3.8) is 0 Å². The Morgan fingerprint density at radius 3 is 1.86 bits per heavy atom. The van der Waals surface area contributed by atoms with Crippen LogP contribution in [0.4, 0.5) is 5.69 Å². The monoisotopic (exact) mass is 315 g/mol. The fraction of sp³-hybridized carbons (Fsp3) is 0.412. The van der Waals surface area contributed by atoms with E-state index in [4.69, 9.17) is 0 Å². The van der Waals surface area contributed by atoms with Gasteiger partial charge in [0.05, 0.1) is 27.0 Å². The minimum absolute atomic E-state index is 0.220. The van der Waals surface area contributed by atoms with Crippen LogP contribution in [0.25, 0.3) is 0 Å². The Hall–Kier alpha value is -1.75.